The van der Waals surface area contributed by atoms with Crippen LogP contribution in [0.4, 0.5) is 5.82 Å². The molecule has 0 fully saturated rings. The number of hydrogen-bond acceptors (Lipinski definition) is 6. The van der Waals surface area contributed by atoms with Crippen LogP contribution in [0.1, 0.15) is 23.7 Å². The highest BCUT2D eigenvalue weighted by molar-refractivity contribution is 5.52. The van der Waals surface area contributed by atoms with Crippen molar-refractivity contribution >= 4 is 5.82 Å². The van der Waals surface area contributed by atoms with E-state index in [1.165, 1.54) is 5.56 Å². The first-order valence-electron chi connectivity index (χ1n) is 8.27. The largest absolute Gasteiger partial charge is 0.493 e. The van der Waals surface area contributed by atoms with E-state index < -0.39 is 0 Å². The van der Waals surface area contributed by atoms with Crippen molar-refractivity contribution in [3.05, 3.63) is 41.3 Å². The molecule has 0 radical (unpaired) electrons. The van der Waals surface area contributed by atoms with Gasteiger partial charge in [-0.3, -0.25) is 0 Å². The lowest BCUT2D eigenvalue weighted by Gasteiger charge is -2.26. The number of rotatable bonds is 6. The predicted octanol–water partition coefficient (Wildman–Crippen LogP) is 2.17. The van der Waals surface area contributed by atoms with E-state index in [1.54, 1.807) is 13.4 Å². The minimum absolute atomic E-state index is 0.603. The van der Waals surface area contributed by atoms with Gasteiger partial charge in [0.1, 0.15) is 12.1 Å². The molecule has 0 amide bonds. The summed E-state index contributed by atoms with van der Waals surface area (Å²) in [5.41, 5.74) is 3.41. The smallest absolute Gasteiger partial charge is 0.166 e. The van der Waals surface area contributed by atoms with E-state index in [-0.39, 0.29) is 0 Å². The number of para-hydroxylation sites is 1. The minimum atomic E-state index is 0.603. The molecule has 0 saturated carbocycles. The Morgan fingerprint density at radius 2 is 2.17 bits per heavy atom. The quantitative estimate of drug-likeness (QED) is 0.877. The monoisotopic (exact) mass is 328 g/mol. The van der Waals surface area contributed by atoms with E-state index in [0.717, 1.165) is 48.1 Å². The van der Waals surface area contributed by atoms with Crippen LogP contribution in [-0.2, 0) is 19.5 Å². The number of benzene rings is 1. The van der Waals surface area contributed by atoms with Gasteiger partial charge in [-0.2, -0.15) is 0 Å². The van der Waals surface area contributed by atoms with Gasteiger partial charge in [0.25, 0.3) is 0 Å². The molecule has 1 aromatic carbocycles. The van der Waals surface area contributed by atoms with Crippen LogP contribution in [0.5, 0.6) is 11.5 Å². The van der Waals surface area contributed by atoms with E-state index in [4.69, 9.17) is 9.47 Å². The third-order valence-electron chi connectivity index (χ3n) is 4.19. The fourth-order valence-electron chi connectivity index (χ4n) is 3.08. The van der Waals surface area contributed by atoms with Gasteiger partial charge in [-0.1, -0.05) is 12.1 Å². The van der Waals surface area contributed by atoms with Crippen molar-refractivity contribution < 1.29 is 9.47 Å². The van der Waals surface area contributed by atoms with Crippen molar-refractivity contribution in [1.29, 1.82) is 0 Å². The van der Waals surface area contributed by atoms with Crippen molar-refractivity contribution in [3.8, 4) is 11.5 Å². The van der Waals surface area contributed by atoms with Crippen molar-refractivity contribution in [2.75, 3.05) is 32.2 Å². The molecular formula is C18H24N4O2. The van der Waals surface area contributed by atoms with Crippen molar-refractivity contribution in [3.63, 3.8) is 0 Å². The number of nitrogens with one attached hydrogen (secondary N) is 1. The molecule has 2 heterocycles. The molecule has 1 N–H and O–H groups in total. The summed E-state index contributed by atoms with van der Waals surface area (Å²) in [6.07, 6.45) is 2.60. The summed E-state index contributed by atoms with van der Waals surface area (Å²) in [5.74, 6) is 2.56. The van der Waals surface area contributed by atoms with E-state index in [1.807, 2.05) is 19.1 Å². The topological polar surface area (TPSA) is 59.5 Å². The molecule has 3 rings (SSSR count). The van der Waals surface area contributed by atoms with Crippen LogP contribution in [0.25, 0.3) is 0 Å². The highest BCUT2D eigenvalue weighted by Crippen LogP contribution is 2.33. The predicted molar refractivity (Wildman–Crippen MR) is 93.7 cm³/mol. The Bertz CT molecular complexity index is 705. The Balaban J connectivity index is 1.89. The molecule has 1 aliphatic rings. The average Bonchev–Trinajstić information content (AvgIpc) is 2.62. The van der Waals surface area contributed by atoms with Gasteiger partial charge in [0, 0.05) is 31.3 Å². The Morgan fingerprint density at radius 3 is 2.96 bits per heavy atom. The third kappa shape index (κ3) is 3.28. The lowest BCUT2D eigenvalue weighted by molar-refractivity contribution is 0.307. The number of fused-ring (bicyclic) bond motifs is 1. The average molecular weight is 328 g/mol. The molecule has 24 heavy (non-hydrogen) atoms. The summed E-state index contributed by atoms with van der Waals surface area (Å²) >= 11 is 0. The first kappa shape index (κ1) is 16.5. The molecule has 6 heteroatoms. The van der Waals surface area contributed by atoms with Crippen LogP contribution in [-0.4, -0.2) is 37.3 Å². The zero-order valence-corrected chi connectivity index (χ0v) is 14.5. The molecule has 0 atom stereocenters. The molecule has 0 spiro atoms. The fraction of sp³-hybridized carbons (Fsp3) is 0.444. The first-order chi connectivity index (χ1) is 11.7. The van der Waals surface area contributed by atoms with Gasteiger partial charge in [0.15, 0.2) is 11.5 Å². The molecule has 1 aromatic heterocycles. The van der Waals surface area contributed by atoms with Gasteiger partial charge in [-0.05, 0) is 26.0 Å². The number of nitrogens with zero attached hydrogens (tertiary/aromatic N) is 3. The van der Waals surface area contributed by atoms with E-state index >= 15 is 0 Å². The van der Waals surface area contributed by atoms with E-state index in [2.05, 4.69) is 33.3 Å². The maximum atomic E-state index is 5.81. The SMILES string of the molecule is CCOc1c(CN(C)c2ncnc3c2CCNC3)cccc1OC. The zero-order chi connectivity index (χ0) is 16.9. The van der Waals surface area contributed by atoms with Crippen molar-refractivity contribution in [2.24, 2.45) is 0 Å². The molecule has 0 aliphatic carbocycles. The van der Waals surface area contributed by atoms with Gasteiger partial charge in [0.2, 0.25) is 0 Å². The number of aromatic nitrogens is 2. The Hall–Kier alpha value is -2.34. The molecule has 128 valence electrons. The maximum absolute atomic E-state index is 5.81. The summed E-state index contributed by atoms with van der Waals surface area (Å²) in [6.45, 7) is 5.05. The molecular weight excluding hydrogens is 304 g/mol. The highest BCUT2D eigenvalue weighted by atomic mass is 16.5. The minimum Gasteiger partial charge on any atom is -0.493 e. The van der Waals surface area contributed by atoms with Crippen LogP contribution >= 0.6 is 0 Å². The van der Waals surface area contributed by atoms with Crippen LogP contribution < -0.4 is 19.7 Å². The third-order valence-corrected chi connectivity index (χ3v) is 4.19. The van der Waals surface area contributed by atoms with Gasteiger partial charge in [-0.15, -0.1) is 0 Å². The Labute approximate surface area is 142 Å². The number of anilines is 1. The first-order valence-corrected chi connectivity index (χ1v) is 8.27. The van der Waals surface area contributed by atoms with Gasteiger partial charge in [-0.25, -0.2) is 9.97 Å². The fourth-order valence-corrected chi connectivity index (χ4v) is 3.08. The molecule has 0 bridgehead atoms. The van der Waals surface area contributed by atoms with Crippen LogP contribution in [0.3, 0.4) is 0 Å². The van der Waals surface area contributed by atoms with Crippen LogP contribution in [0, 0.1) is 0 Å². The second-order valence-corrected chi connectivity index (χ2v) is 5.79. The number of ether oxygens (including phenoxy) is 2. The number of hydrogen-bond donors (Lipinski definition) is 1. The summed E-state index contributed by atoms with van der Waals surface area (Å²) in [5, 5.41) is 3.35. The van der Waals surface area contributed by atoms with Crippen molar-refractivity contribution in [1.82, 2.24) is 15.3 Å². The normalized spacial score (nSPS) is 13.3. The van der Waals surface area contributed by atoms with Crippen LogP contribution in [0.15, 0.2) is 24.5 Å². The molecule has 6 nitrogen and oxygen atoms in total. The Morgan fingerprint density at radius 1 is 1.29 bits per heavy atom. The Kier molecular flexibility index (Phi) is 5.15. The molecule has 1 aliphatic heterocycles. The molecule has 2 aromatic rings. The van der Waals surface area contributed by atoms with E-state index in [9.17, 15) is 0 Å². The van der Waals surface area contributed by atoms with Crippen molar-refractivity contribution in [2.45, 2.75) is 26.4 Å². The molecule has 0 unspecified atom stereocenters. The van der Waals surface area contributed by atoms with Gasteiger partial charge < -0.3 is 19.7 Å². The zero-order valence-electron chi connectivity index (χ0n) is 14.5. The number of methoxy groups -OCH3 is 1. The van der Waals surface area contributed by atoms with E-state index in [0.29, 0.717) is 13.2 Å². The van der Waals surface area contributed by atoms with Gasteiger partial charge in [0.05, 0.1) is 19.4 Å². The molecule has 0 saturated heterocycles. The lowest BCUT2D eigenvalue weighted by atomic mass is 10.1. The van der Waals surface area contributed by atoms with Gasteiger partial charge >= 0.3 is 0 Å². The summed E-state index contributed by atoms with van der Waals surface area (Å²) in [7, 11) is 3.72. The summed E-state index contributed by atoms with van der Waals surface area (Å²) < 4.78 is 11.3. The second-order valence-electron chi connectivity index (χ2n) is 5.79. The summed E-state index contributed by atoms with van der Waals surface area (Å²) in [6, 6.07) is 5.98. The van der Waals surface area contributed by atoms with Crippen LogP contribution in [0.2, 0.25) is 0 Å². The highest BCUT2D eigenvalue weighted by Gasteiger charge is 2.19. The summed E-state index contributed by atoms with van der Waals surface area (Å²) in [4.78, 5) is 11.1. The second kappa shape index (κ2) is 7.49. The lowest BCUT2D eigenvalue weighted by Crippen LogP contribution is -2.28. The maximum Gasteiger partial charge on any atom is 0.166 e. The standard InChI is InChI=1S/C18H24N4O2/c1-4-24-17-13(6-5-7-16(17)23-3)11-22(2)18-14-8-9-19-10-15(14)20-12-21-18/h5-7,12,19H,4,8-11H2,1-3H3.